The van der Waals surface area contributed by atoms with Crippen molar-refractivity contribution in [3.05, 3.63) is 0 Å². The summed E-state index contributed by atoms with van der Waals surface area (Å²) in [5.74, 6) is -2.28. The van der Waals surface area contributed by atoms with Crippen LogP contribution in [-0.4, -0.2) is 52.3 Å². The zero-order valence-corrected chi connectivity index (χ0v) is 7.82. The van der Waals surface area contributed by atoms with Crippen molar-refractivity contribution >= 4 is 5.91 Å². The van der Waals surface area contributed by atoms with Gasteiger partial charge in [0.25, 0.3) is 0 Å². The van der Waals surface area contributed by atoms with Gasteiger partial charge in [0.05, 0.1) is 18.8 Å². The van der Waals surface area contributed by atoms with Crippen molar-refractivity contribution in [1.29, 1.82) is 0 Å². The highest BCUT2D eigenvalue weighted by Crippen LogP contribution is 2.15. The topological polar surface area (TPSA) is 89.8 Å². The lowest BCUT2D eigenvalue weighted by Crippen LogP contribution is -2.53. The van der Waals surface area contributed by atoms with E-state index in [2.05, 4.69) is 0 Å². The standard InChI is InChI=1S/C7H12F3NO4/c1-3(13)5(14)4(2-12)11-6(15)7(8,9)10/h3-5,12-14H,2H2,1H3,(H,11,15). The summed E-state index contributed by atoms with van der Waals surface area (Å²) in [6, 6.07) is -1.56. The minimum Gasteiger partial charge on any atom is -0.394 e. The molecule has 0 heterocycles. The number of rotatable bonds is 4. The Kier molecular flexibility index (Phi) is 4.98. The first kappa shape index (κ1) is 14.1. The number of hydrogen-bond donors (Lipinski definition) is 4. The summed E-state index contributed by atoms with van der Waals surface area (Å²) >= 11 is 0. The van der Waals surface area contributed by atoms with Gasteiger partial charge in [-0.05, 0) is 6.92 Å². The average Bonchev–Trinajstić information content (AvgIpc) is 2.10. The Bertz CT molecular complexity index is 219. The number of carbonyl (C=O) groups excluding carboxylic acids is 1. The molecule has 0 bridgehead atoms. The number of aliphatic hydroxyl groups is 3. The fraction of sp³-hybridized carbons (Fsp3) is 0.857. The number of alkyl halides is 3. The first-order valence-electron chi connectivity index (χ1n) is 4.04. The number of carbonyl (C=O) groups is 1. The first-order chi connectivity index (χ1) is 6.70. The van der Waals surface area contributed by atoms with Gasteiger partial charge in [-0.15, -0.1) is 0 Å². The molecular weight excluding hydrogens is 219 g/mol. The van der Waals surface area contributed by atoms with Crippen molar-refractivity contribution in [2.24, 2.45) is 0 Å². The van der Waals surface area contributed by atoms with Crippen molar-refractivity contribution in [2.75, 3.05) is 6.61 Å². The third-order valence-corrected chi connectivity index (χ3v) is 1.68. The molecule has 15 heavy (non-hydrogen) atoms. The molecule has 0 saturated heterocycles. The fourth-order valence-corrected chi connectivity index (χ4v) is 0.825. The Labute approximate surface area is 83.5 Å². The second kappa shape index (κ2) is 5.29. The molecule has 3 unspecified atom stereocenters. The normalized spacial score (nSPS) is 18.1. The largest absolute Gasteiger partial charge is 0.471 e. The number of amides is 1. The number of hydrogen-bond acceptors (Lipinski definition) is 4. The SMILES string of the molecule is CC(O)C(O)C(CO)NC(=O)C(F)(F)F. The number of nitrogens with one attached hydrogen (secondary N) is 1. The predicted octanol–water partition coefficient (Wildman–Crippen LogP) is -1.23. The molecule has 0 saturated carbocycles. The summed E-state index contributed by atoms with van der Waals surface area (Å²) in [5.41, 5.74) is 0. The highest BCUT2D eigenvalue weighted by Gasteiger charge is 2.41. The lowest BCUT2D eigenvalue weighted by molar-refractivity contribution is -0.176. The Hall–Kier alpha value is -0.860. The average molecular weight is 231 g/mol. The van der Waals surface area contributed by atoms with Gasteiger partial charge >= 0.3 is 12.1 Å². The van der Waals surface area contributed by atoms with E-state index in [0.29, 0.717) is 0 Å². The van der Waals surface area contributed by atoms with Crippen LogP contribution in [0.3, 0.4) is 0 Å². The molecule has 0 aliphatic rings. The van der Waals surface area contributed by atoms with Gasteiger partial charge in [0.1, 0.15) is 6.10 Å². The van der Waals surface area contributed by atoms with Gasteiger partial charge in [-0.3, -0.25) is 4.79 Å². The van der Waals surface area contributed by atoms with E-state index in [9.17, 15) is 18.0 Å². The van der Waals surface area contributed by atoms with E-state index in [1.54, 1.807) is 0 Å². The van der Waals surface area contributed by atoms with Gasteiger partial charge in [-0.25, -0.2) is 0 Å². The molecule has 0 aromatic carbocycles. The van der Waals surface area contributed by atoms with E-state index in [4.69, 9.17) is 15.3 Å². The molecule has 0 rings (SSSR count). The molecule has 90 valence electrons. The monoisotopic (exact) mass is 231 g/mol. The quantitative estimate of drug-likeness (QED) is 0.487. The summed E-state index contributed by atoms with van der Waals surface area (Å²) in [6.07, 6.45) is -8.12. The zero-order valence-electron chi connectivity index (χ0n) is 7.82. The van der Waals surface area contributed by atoms with Crippen LogP contribution in [0.5, 0.6) is 0 Å². The molecule has 0 fully saturated rings. The summed E-state index contributed by atoms with van der Waals surface area (Å²) in [5, 5.41) is 27.9. The third kappa shape index (κ3) is 4.45. The minimum absolute atomic E-state index is 0.909. The maximum Gasteiger partial charge on any atom is 0.471 e. The van der Waals surface area contributed by atoms with E-state index < -0.39 is 36.9 Å². The molecule has 0 radical (unpaired) electrons. The van der Waals surface area contributed by atoms with Gasteiger partial charge in [-0.2, -0.15) is 13.2 Å². The van der Waals surface area contributed by atoms with Crippen molar-refractivity contribution in [3.63, 3.8) is 0 Å². The van der Waals surface area contributed by atoms with E-state index in [1.807, 2.05) is 0 Å². The highest BCUT2D eigenvalue weighted by molar-refractivity contribution is 5.82. The van der Waals surface area contributed by atoms with Crippen LogP contribution in [0.4, 0.5) is 13.2 Å². The van der Waals surface area contributed by atoms with Crippen molar-refractivity contribution in [1.82, 2.24) is 5.32 Å². The summed E-state index contributed by atoms with van der Waals surface area (Å²) in [6.45, 7) is 0.209. The van der Waals surface area contributed by atoms with Crippen molar-refractivity contribution in [3.8, 4) is 0 Å². The molecular formula is C7H12F3NO4. The number of aliphatic hydroxyl groups excluding tert-OH is 3. The molecule has 0 aliphatic carbocycles. The van der Waals surface area contributed by atoms with E-state index in [-0.39, 0.29) is 0 Å². The lowest BCUT2D eigenvalue weighted by atomic mass is 10.1. The van der Waals surface area contributed by atoms with E-state index in [0.717, 1.165) is 6.92 Å². The van der Waals surface area contributed by atoms with Gasteiger partial charge in [0.2, 0.25) is 0 Å². The summed E-state index contributed by atoms with van der Waals surface area (Å²) < 4.78 is 35.3. The molecule has 3 atom stereocenters. The van der Waals surface area contributed by atoms with Crippen LogP contribution in [0.1, 0.15) is 6.92 Å². The summed E-state index contributed by atoms with van der Waals surface area (Å²) in [7, 11) is 0. The van der Waals surface area contributed by atoms with Crippen LogP contribution in [0.25, 0.3) is 0 Å². The Morgan fingerprint density at radius 3 is 2.13 bits per heavy atom. The minimum atomic E-state index is -5.09. The molecule has 1 amide bonds. The van der Waals surface area contributed by atoms with Crippen LogP contribution in [0.2, 0.25) is 0 Å². The molecule has 0 aromatic rings. The fourth-order valence-electron chi connectivity index (χ4n) is 0.825. The second-order valence-electron chi connectivity index (χ2n) is 2.99. The maximum absolute atomic E-state index is 11.8. The Morgan fingerprint density at radius 2 is 1.87 bits per heavy atom. The summed E-state index contributed by atoms with van der Waals surface area (Å²) in [4.78, 5) is 10.4. The molecule has 5 nitrogen and oxygen atoms in total. The maximum atomic E-state index is 11.8. The lowest BCUT2D eigenvalue weighted by Gasteiger charge is -2.24. The number of halogens is 3. The predicted molar refractivity (Wildman–Crippen MR) is 42.8 cm³/mol. The highest BCUT2D eigenvalue weighted by atomic mass is 19.4. The van der Waals surface area contributed by atoms with Gasteiger partial charge < -0.3 is 20.6 Å². The van der Waals surface area contributed by atoms with Crippen LogP contribution in [0, 0.1) is 0 Å². The van der Waals surface area contributed by atoms with E-state index >= 15 is 0 Å². The van der Waals surface area contributed by atoms with Crippen LogP contribution in [0.15, 0.2) is 0 Å². The second-order valence-corrected chi connectivity index (χ2v) is 2.99. The van der Waals surface area contributed by atoms with Gasteiger partial charge in [-0.1, -0.05) is 0 Å². The van der Waals surface area contributed by atoms with Crippen LogP contribution in [-0.2, 0) is 4.79 Å². The van der Waals surface area contributed by atoms with Crippen molar-refractivity contribution < 1.29 is 33.3 Å². The first-order valence-corrected chi connectivity index (χ1v) is 4.04. The Balaban J connectivity index is 4.41. The smallest absolute Gasteiger partial charge is 0.394 e. The molecule has 8 heteroatoms. The molecule has 4 N–H and O–H groups in total. The van der Waals surface area contributed by atoms with Gasteiger partial charge in [0.15, 0.2) is 0 Å². The van der Waals surface area contributed by atoms with Crippen LogP contribution >= 0.6 is 0 Å². The third-order valence-electron chi connectivity index (χ3n) is 1.68. The van der Waals surface area contributed by atoms with Gasteiger partial charge in [0, 0.05) is 0 Å². The zero-order chi connectivity index (χ0) is 12.2. The molecule has 0 aromatic heterocycles. The van der Waals surface area contributed by atoms with Crippen molar-refractivity contribution in [2.45, 2.75) is 31.3 Å². The Morgan fingerprint density at radius 1 is 1.40 bits per heavy atom. The molecule has 0 spiro atoms. The van der Waals surface area contributed by atoms with E-state index in [1.165, 1.54) is 5.32 Å². The van der Waals surface area contributed by atoms with Crippen LogP contribution < -0.4 is 5.32 Å². The molecule has 0 aliphatic heterocycles.